The molecule has 0 bridgehead atoms. The Balaban J connectivity index is 1.60. The zero-order valence-corrected chi connectivity index (χ0v) is 15.4. The van der Waals surface area contributed by atoms with Gasteiger partial charge in [-0.2, -0.15) is 8.78 Å². The second-order valence-electron chi connectivity index (χ2n) is 5.71. The molecular formula is C20H18F3NO2S. The van der Waals surface area contributed by atoms with Crippen LogP contribution in [0, 0.1) is 5.82 Å². The fourth-order valence-electron chi connectivity index (χ4n) is 2.62. The molecule has 142 valence electrons. The summed E-state index contributed by atoms with van der Waals surface area (Å²) in [6.45, 7) is -1.76. The minimum atomic E-state index is -2.90. The van der Waals surface area contributed by atoms with Crippen LogP contribution < -0.4 is 14.8 Å². The predicted molar refractivity (Wildman–Crippen MR) is 99.9 cm³/mol. The van der Waals surface area contributed by atoms with E-state index in [2.05, 4.69) is 10.1 Å². The number of halogens is 3. The van der Waals surface area contributed by atoms with Gasteiger partial charge in [-0.3, -0.25) is 0 Å². The molecule has 3 rings (SSSR count). The average molecular weight is 393 g/mol. The van der Waals surface area contributed by atoms with Gasteiger partial charge in [-0.15, -0.1) is 11.3 Å². The van der Waals surface area contributed by atoms with E-state index in [0.717, 1.165) is 15.3 Å². The van der Waals surface area contributed by atoms with E-state index in [4.69, 9.17) is 4.74 Å². The van der Waals surface area contributed by atoms with E-state index in [1.807, 2.05) is 18.2 Å². The van der Waals surface area contributed by atoms with Gasteiger partial charge in [0.05, 0.1) is 7.11 Å². The van der Waals surface area contributed by atoms with Gasteiger partial charge in [0.1, 0.15) is 5.82 Å². The molecule has 0 saturated carbocycles. The Bertz CT molecular complexity index is 898. The Morgan fingerprint density at radius 3 is 2.56 bits per heavy atom. The van der Waals surface area contributed by atoms with Crippen molar-refractivity contribution in [2.45, 2.75) is 19.7 Å². The molecular weight excluding hydrogens is 375 g/mol. The summed E-state index contributed by atoms with van der Waals surface area (Å²) in [5, 5.41) is 3.28. The van der Waals surface area contributed by atoms with Crippen molar-refractivity contribution >= 4 is 11.3 Å². The second kappa shape index (κ2) is 8.92. The van der Waals surface area contributed by atoms with E-state index in [1.165, 1.54) is 30.6 Å². The first kappa shape index (κ1) is 19.3. The van der Waals surface area contributed by atoms with E-state index >= 15 is 0 Å². The van der Waals surface area contributed by atoms with Crippen LogP contribution in [-0.2, 0) is 13.1 Å². The number of ether oxygens (including phenoxy) is 2. The Labute approximate surface area is 159 Å². The number of alkyl halides is 2. The number of hydrogen-bond acceptors (Lipinski definition) is 4. The zero-order valence-electron chi connectivity index (χ0n) is 14.5. The normalized spacial score (nSPS) is 11.0. The second-order valence-corrected chi connectivity index (χ2v) is 6.88. The van der Waals surface area contributed by atoms with Gasteiger partial charge in [-0.05, 0) is 35.9 Å². The lowest BCUT2D eigenvalue weighted by molar-refractivity contribution is -0.0512. The molecule has 0 saturated heterocycles. The van der Waals surface area contributed by atoms with Gasteiger partial charge in [0, 0.05) is 28.4 Å². The van der Waals surface area contributed by atoms with Crippen molar-refractivity contribution in [3.63, 3.8) is 0 Å². The summed E-state index contributed by atoms with van der Waals surface area (Å²) in [5.74, 6) is 0.0219. The number of rotatable bonds is 8. The van der Waals surface area contributed by atoms with Crippen molar-refractivity contribution in [2.75, 3.05) is 7.11 Å². The Morgan fingerprint density at radius 2 is 1.81 bits per heavy atom. The van der Waals surface area contributed by atoms with Gasteiger partial charge in [-0.25, -0.2) is 4.39 Å². The third-order valence-corrected chi connectivity index (χ3v) is 4.99. The minimum Gasteiger partial charge on any atom is -0.493 e. The van der Waals surface area contributed by atoms with Crippen molar-refractivity contribution < 1.29 is 22.6 Å². The fourth-order valence-corrected chi connectivity index (χ4v) is 3.63. The van der Waals surface area contributed by atoms with Gasteiger partial charge in [0.15, 0.2) is 11.5 Å². The highest BCUT2D eigenvalue weighted by atomic mass is 32.1. The van der Waals surface area contributed by atoms with Gasteiger partial charge in [0.25, 0.3) is 0 Å². The molecule has 0 spiro atoms. The zero-order chi connectivity index (χ0) is 19.2. The maximum Gasteiger partial charge on any atom is 0.387 e. The first-order valence-corrected chi connectivity index (χ1v) is 9.04. The summed E-state index contributed by atoms with van der Waals surface area (Å²) in [6, 6.07) is 15.4. The Kier molecular flexibility index (Phi) is 6.36. The van der Waals surface area contributed by atoms with Crippen molar-refractivity contribution in [2.24, 2.45) is 0 Å². The average Bonchev–Trinajstić information content (AvgIpc) is 3.11. The van der Waals surface area contributed by atoms with E-state index < -0.39 is 6.61 Å². The van der Waals surface area contributed by atoms with Gasteiger partial charge in [0.2, 0.25) is 0 Å². The summed E-state index contributed by atoms with van der Waals surface area (Å²) in [7, 11) is 1.40. The first-order chi connectivity index (χ1) is 13.1. The molecule has 0 aliphatic heterocycles. The third kappa shape index (κ3) is 5.02. The fraction of sp³-hybridized carbons (Fsp3) is 0.200. The molecule has 0 amide bonds. The lowest BCUT2D eigenvalue weighted by atomic mass is 10.2. The SMILES string of the molecule is COc1cc(CNCc2ccc(-c3ccccc3F)s2)ccc1OC(F)F. The smallest absolute Gasteiger partial charge is 0.387 e. The van der Waals surface area contributed by atoms with Crippen LogP contribution in [0.4, 0.5) is 13.2 Å². The van der Waals surface area contributed by atoms with Crippen LogP contribution in [0.2, 0.25) is 0 Å². The molecule has 27 heavy (non-hydrogen) atoms. The third-order valence-electron chi connectivity index (χ3n) is 3.87. The summed E-state index contributed by atoms with van der Waals surface area (Å²) in [4.78, 5) is 1.94. The van der Waals surface area contributed by atoms with E-state index in [0.29, 0.717) is 18.7 Å². The van der Waals surface area contributed by atoms with E-state index in [-0.39, 0.29) is 17.3 Å². The summed E-state index contributed by atoms with van der Waals surface area (Å²) in [6.07, 6.45) is 0. The van der Waals surface area contributed by atoms with Crippen molar-refractivity contribution in [1.82, 2.24) is 5.32 Å². The molecule has 2 aromatic carbocycles. The highest BCUT2D eigenvalue weighted by molar-refractivity contribution is 7.15. The molecule has 0 unspecified atom stereocenters. The maximum atomic E-state index is 13.9. The standard InChI is InChI=1S/C20H18F3NO2S/c1-25-18-10-13(6-8-17(18)26-20(22)23)11-24-12-14-7-9-19(27-14)15-4-2-3-5-16(15)21/h2-10,20,24H,11-12H2,1H3. The molecule has 0 radical (unpaired) electrons. The highest BCUT2D eigenvalue weighted by Gasteiger charge is 2.11. The Hall–Kier alpha value is -2.51. The topological polar surface area (TPSA) is 30.5 Å². The summed E-state index contributed by atoms with van der Waals surface area (Å²) >= 11 is 1.52. The van der Waals surface area contributed by atoms with Crippen LogP contribution in [0.5, 0.6) is 11.5 Å². The van der Waals surface area contributed by atoms with Crippen molar-refractivity contribution in [1.29, 1.82) is 0 Å². The molecule has 0 fully saturated rings. The molecule has 0 aliphatic carbocycles. The van der Waals surface area contributed by atoms with Gasteiger partial charge < -0.3 is 14.8 Å². The van der Waals surface area contributed by atoms with Crippen LogP contribution in [0.3, 0.4) is 0 Å². The number of nitrogens with one attached hydrogen (secondary N) is 1. The van der Waals surface area contributed by atoms with E-state index in [1.54, 1.807) is 24.3 Å². The Morgan fingerprint density at radius 1 is 1.00 bits per heavy atom. The number of hydrogen-bond donors (Lipinski definition) is 1. The quantitative estimate of drug-likeness (QED) is 0.552. The van der Waals surface area contributed by atoms with Crippen molar-refractivity contribution in [3.8, 4) is 21.9 Å². The van der Waals surface area contributed by atoms with Gasteiger partial charge in [-0.1, -0.05) is 24.3 Å². The molecule has 1 heterocycles. The summed E-state index contributed by atoms with van der Waals surface area (Å²) < 4.78 is 48.1. The van der Waals surface area contributed by atoms with Crippen LogP contribution in [0.15, 0.2) is 54.6 Å². The van der Waals surface area contributed by atoms with Crippen LogP contribution in [-0.4, -0.2) is 13.7 Å². The highest BCUT2D eigenvalue weighted by Crippen LogP contribution is 2.31. The molecule has 1 N–H and O–H groups in total. The predicted octanol–water partition coefficient (Wildman–Crippen LogP) is 5.45. The number of methoxy groups -OCH3 is 1. The lowest BCUT2D eigenvalue weighted by Crippen LogP contribution is -2.12. The number of thiophene rings is 1. The van der Waals surface area contributed by atoms with Crippen molar-refractivity contribution in [3.05, 3.63) is 70.9 Å². The maximum absolute atomic E-state index is 13.9. The molecule has 0 atom stereocenters. The molecule has 3 nitrogen and oxygen atoms in total. The van der Waals surface area contributed by atoms with Crippen LogP contribution in [0.1, 0.15) is 10.4 Å². The van der Waals surface area contributed by atoms with Crippen LogP contribution >= 0.6 is 11.3 Å². The molecule has 1 aromatic heterocycles. The van der Waals surface area contributed by atoms with Gasteiger partial charge >= 0.3 is 6.61 Å². The summed E-state index contributed by atoms with van der Waals surface area (Å²) in [5.41, 5.74) is 1.47. The minimum absolute atomic E-state index is 0.00374. The molecule has 0 aliphatic rings. The largest absolute Gasteiger partial charge is 0.493 e. The monoisotopic (exact) mass is 393 g/mol. The van der Waals surface area contributed by atoms with Crippen LogP contribution in [0.25, 0.3) is 10.4 Å². The molecule has 7 heteroatoms. The lowest BCUT2D eigenvalue weighted by Gasteiger charge is -2.11. The van der Waals surface area contributed by atoms with E-state index in [9.17, 15) is 13.2 Å². The number of benzene rings is 2. The first-order valence-electron chi connectivity index (χ1n) is 8.23. The molecule has 3 aromatic rings.